The molecule has 0 aromatic heterocycles. The third-order valence-corrected chi connectivity index (χ3v) is 2.54. The molecule has 1 fully saturated rings. The number of unbranched alkanes of at least 4 members (excludes halogenated alkanes) is 1. The van der Waals surface area contributed by atoms with Crippen molar-refractivity contribution >= 4 is 5.96 Å². The molecule has 1 rings (SSSR count). The van der Waals surface area contributed by atoms with Crippen LogP contribution in [0, 0.1) is 0 Å². The molecule has 1 saturated heterocycles. The number of aliphatic hydroxyl groups is 1. The molecule has 6 heteroatoms. The molecule has 1 aliphatic heterocycles. The number of hydrogen-bond donors (Lipinski definition) is 3. The predicted molar refractivity (Wildman–Crippen MR) is 62.9 cm³/mol. The quantitative estimate of drug-likeness (QED) is 0.195. The number of nitrogens with zero attached hydrogens (tertiary/aromatic N) is 2. The molecule has 0 saturated carbocycles. The van der Waals surface area contributed by atoms with Crippen molar-refractivity contribution in [1.82, 2.24) is 10.3 Å². The van der Waals surface area contributed by atoms with Crippen LogP contribution in [0.15, 0.2) is 4.99 Å². The summed E-state index contributed by atoms with van der Waals surface area (Å²) in [4.78, 5) is 6.41. The Morgan fingerprint density at radius 3 is 3.12 bits per heavy atom. The topological polar surface area (TPSA) is 83.1 Å². The molecule has 1 aliphatic rings. The van der Waals surface area contributed by atoms with E-state index in [4.69, 9.17) is 15.7 Å². The van der Waals surface area contributed by atoms with E-state index in [0.717, 1.165) is 25.9 Å². The largest absolute Gasteiger partial charge is 0.394 e. The van der Waals surface area contributed by atoms with E-state index in [-0.39, 0.29) is 12.7 Å². The number of nitrogens with two attached hydrogens (primary N) is 1. The van der Waals surface area contributed by atoms with Crippen molar-refractivity contribution in [2.45, 2.75) is 25.9 Å². The number of guanidine groups is 1. The lowest BCUT2D eigenvalue weighted by Gasteiger charge is -2.33. The van der Waals surface area contributed by atoms with E-state index in [2.05, 4.69) is 17.3 Å². The van der Waals surface area contributed by atoms with Crippen LogP contribution in [-0.4, -0.2) is 54.9 Å². The monoisotopic (exact) mass is 230 g/mol. The normalized spacial score (nSPS) is 22.3. The van der Waals surface area contributed by atoms with Crippen molar-refractivity contribution in [2.75, 3.05) is 32.8 Å². The smallest absolute Gasteiger partial charge is 0.208 e. The average molecular weight is 230 g/mol. The molecule has 0 spiro atoms. The molecule has 1 atom stereocenters. The highest BCUT2D eigenvalue weighted by atomic mass is 16.5. The van der Waals surface area contributed by atoms with Gasteiger partial charge in [0.25, 0.3) is 0 Å². The molecular formula is C10H22N4O2. The fraction of sp³-hybridized carbons (Fsp3) is 0.900. The van der Waals surface area contributed by atoms with Crippen molar-refractivity contribution in [2.24, 2.45) is 10.8 Å². The summed E-state index contributed by atoms with van der Waals surface area (Å²) in [5.74, 6) is 6.14. The molecule has 1 unspecified atom stereocenters. The number of nitrogens with one attached hydrogen (secondary N) is 1. The summed E-state index contributed by atoms with van der Waals surface area (Å²) in [6.45, 7) is 4.92. The van der Waals surface area contributed by atoms with Crippen molar-refractivity contribution < 1.29 is 9.84 Å². The molecule has 0 aromatic rings. The van der Waals surface area contributed by atoms with Crippen molar-refractivity contribution in [3.63, 3.8) is 0 Å². The van der Waals surface area contributed by atoms with Gasteiger partial charge in [0.15, 0.2) is 0 Å². The first-order valence-corrected chi connectivity index (χ1v) is 5.80. The highest BCUT2D eigenvalue weighted by Gasteiger charge is 2.21. The Morgan fingerprint density at radius 1 is 1.69 bits per heavy atom. The van der Waals surface area contributed by atoms with Gasteiger partial charge in [-0.1, -0.05) is 13.3 Å². The van der Waals surface area contributed by atoms with Gasteiger partial charge < -0.3 is 14.7 Å². The molecule has 4 N–H and O–H groups in total. The first-order valence-electron chi connectivity index (χ1n) is 5.80. The summed E-state index contributed by atoms with van der Waals surface area (Å²) in [5.41, 5.74) is 2.61. The lowest BCUT2D eigenvalue weighted by molar-refractivity contribution is -0.0349. The molecule has 6 nitrogen and oxygen atoms in total. The molecule has 0 amide bonds. The van der Waals surface area contributed by atoms with E-state index in [1.54, 1.807) is 0 Å². The van der Waals surface area contributed by atoms with Crippen LogP contribution in [0.3, 0.4) is 0 Å². The molecule has 94 valence electrons. The summed E-state index contributed by atoms with van der Waals surface area (Å²) >= 11 is 0. The lowest BCUT2D eigenvalue weighted by atomic mass is 10.3. The molecule has 0 bridgehead atoms. The third-order valence-electron chi connectivity index (χ3n) is 2.54. The van der Waals surface area contributed by atoms with E-state index in [0.29, 0.717) is 19.1 Å². The summed E-state index contributed by atoms with van der Waals surface area (Å²) in [7, 11) is 0. The van der Waals surface area contributed by atoms with Crippen LogP contribution in [0.4, 0.5) is 0 Å². The van der Waals surface area contributed by atoms with Gasteiger partial charge in [-0.05, 0) is 6.42 Å². The summed E-state index contributed by atoms with van der Waals surface area (Å²) in [6, 6.07) is 0. The fourth-order valence-electron chi connectivity index (χ4n) is 1.60. The SMILES string of the molecule is CCCCN=C(NN)N1CCOC(CO)C1. The fourth-order valence-corrected chi connectivity index (χ4v) is 1.60. The van der Waals surface area contributed by atoms with E-state index < -0.39 is 0 Å². The van der Waals surface area contributed by atoms with Gasteiger partial charge >= 0.3 is 0 Å². The molecule has 1 heterocycles. The maximum atomic E-state index is 9.03. The first-order chi connectivity index (χ1) is 7.81. The minimum absolute atomic E-state index is 0.0311. The van der Waals surface area contributed by atoms with Gasteiger partial charge in [-0.3, -0.25) is 10.4 Å². The van der Waals surface area contributed by atoms with Gasteiger partial charge in [0.1, 0.15) is 0 Å². The van der Waals surface area contributed by atoms with Gasteiger partial charge in [0.05, 0.1) is 19.3 Å². The lowest BCUT2D eigenvalue weighted by Crippen LogP contribution is -2.53. The van der Waals surface area contributed by atoms with Crippen LogP contribution in [0.2, 0.25) is 0 Å². The molecule has 0 aliphatic carbocycles. The number of hydrazine groups is 1. The maximum absolute atomic E-state index is 9.03. The Morgan fingerprint density at radius 2 is 2.50 bits per heavy atom. The third kappa shape index (κ3) is 3.96. The Kier molecular flexibility index (Phi) is 6.14. The zero-order valence-electron chi connectivity index (χ0n) is 9.85. The van der Waals surface area contributed by atoms with Gasteiger partial charge in [0.2, 0.25) is 5.96 Å². The van der Waals surface area contributed by atoms with Crippen molar-refractivity contribution in [1.29, 1.82) is 0 Å². The molecule has 0 radical (unpaired) electrons. The van der Waals surface area contributed by atoms with Crippen LogP contribution in [0.25, 0.3) is 0 Å². The predicted octanol–water partition coefficient (Wildman–Crippen LogP) is -0.701. The molecule has 16 heavy (non-hydrogen) atoms. The second-order valence-electron chi connectivity index (χ2n) is 3.82. The Labute approximate surface area is 96.4 Å². The number of rotatable bonds is 4. The summed E-state index contributed by atoms with van der Waals surface area (Å²) in [6.07, 6.45) is 2.03. The van der Waals surface area contributed by atoms with E-state index in [9.17, 15) is 0 Å². The maximum Gasteiger partial charge on any atom is 0.208 e. The average Bonchev–Trinajstić information content (AvgIpc) is 2.35. The van der Waals surface area contributed by atoms with Crippen LogP contribution in [0.1, 0.15) is 19.8 Å². The molecular weight excluding hydrogens is 208 g/mol. The van der Waals surface area contributed by atoms with Gasteiger partial charge in [0, 0.05) is 19.6 Å². The Balaban J connectivity index is 2.47. The highest BCUT2D eigenvalue weighted by molar-refractivity contribution is 5.79. The van der Waals surface area contributed by atoms with Crippen molar-refractivity contribution in [3.05, 3.63) is 0 Å². The summed E-state index contributed by atoms with van der Waals surface area (Å²) < 4.78 is 5.36. The molecule has 0 aromatic carbocycles. The minimum atomic E-state index is -0.140. The number of morpholine rings is 1. The Bertz CT molecular complexity index is 223. The van der Waals surface area contributed by atoms with Crippen LogP contribution in [-0.2, 0) is 4.74 Å². The number of aliphatic imine (C=N–C) groups is 1. The number of hydrogen-bond acceptors (Lipinski definition) is 4. The number of aliphatic hydroxyl groups excluding tert-OH is 1. The standard InChI is InChI=1S/C10H22N4O2/c1-2-3-4-12-10(13-11)14-5-6-16-9(7-14)8-15/h9,15H,2-8,11H2,1H3,(H,12,13). The van der Waals surface area contributed by atoms with Gasteiger partial charge in [-0.15, -0.1) is 0 Å². The number of ether oxygens (including phenoxy) is 1. The second kappa shape index (κ2) is 7.43. The van der Waals surface area contributed by atoms with Crippen LogP contribution >= 0.6 is 0 Å². The summed E-state index contributed by atoms with van der Waals surface area (Å²) in [5, 5.41) is 9.03. The van der Waals surface area contributed by atoms with E-state index in [1.165, 1.54) is 0 Å². The van der Waals surface area contributed by atoms with Crippen LogP contribution in [0.5, 0.6) is 0 Å². The minimum Gasteiger partial charge on any atom is -0.394 e. The second-order valence-corrected chi connectivity index (χ2v) is 3.82. The zero-order valence-corrected chi connectivity index (χ0v) is 9.85. The van der Waals surface area contributed by atoms with Gasteiger partial charge in [-0.25, -0.2) is 5.84 Å². The highest BCUT2D eigenvalue weighted by Crippen LogP contribution is 2.04. The van der Waals surface area contributed by atoms with Gasteiger partial charge in [-0.2, -0.15) is 0 Å². The zero-order chi connectivity index (χ0) is 11.8. The van der Waals surface area contributed by atoms with Crippen LogP contribution < -0.4 is 11.3 Å². The van der Waals surface area contributed by atoms with Crippen molar-refractivity contribution in [3.8, 4) is 0 Å². The van der Waals surface area contributed by atoms with E-state index in [1.807, 2.05) is 4.90 Å². The van der Waals surface area contributed by atoms with E-state index >= 15 is 0 Å². The Hall–Kier alpha value is -0.850. The first kappa shape index (κ1) is 13.2.